The number of halogens is 1. The SMILES string of the molecule is O=C1[C@H]2[C@H](C(=O)N1Cc1ccc(F)cc1)[C@@H]1C=C[C@H]2C12CC2. The molecule has 2 bridgehead atoms. The Morgan fingerprint density at radius 2 is 1.55 bits per heavy atom. The molecule has 0 aromatic heterocycles. The monoisotopic (exact) mass is 297 g/mol. The molecule has 5 rings (SSSR count). The van der Waals surface area contributed by atoms with Crippen LogP contribution in [0.15, 0.2) is 36.4 Å². The van der Waals surface area contributed by atoms with E-state index in [1.165, 1.54) is 17.0 Å². The number of hydrogen-bond donors (Lipinski definition) is 0. The number of fused-ring (bicyclic) bond motifs is 3. The van der Waals surface area contributed by atoms with E-state index in [4.69, 9.17) is 0 Å². The van der Waals surface area contributed by atoms with Gasteiger partial charge in [0.2, 0.25) is 11.8 Å². The van der Waals surface area contributed by atoms with Crippen molar-refractivity contribution in [3.8, 4) is 0 Å². The number of hydrogen-bond acceptors (Lipinski definition) is 2. The predicted octanol–water partition coefficient (Wildman–Crippen LogP) is 2.52. The molecule has 0 unspecified atom stereocenters. The molecular formula is C18H16FNO2. The van der Waals surface area contributed by atoms with Crippen molar-refractivity contribution in [2.24, 2.45) is 29.1 Å². The second kappa shape index (κ2) is 3.86. The van der Waals surface area contributed by atoms with Crippen LogP contribution in [0.4, 0.5) is 4.39 Å². The Morgan fingerprint density at radius 3 is 2.05 bits per heavy atom. The molecule has 22 heavy (non-hydrogen) atoms. The van der Waals surface area contributed by atoms with Crippen molar-refractivity contribution >= 4 is 11.8 Å². The molecule has 2 amide bonds. The van der Waals surface area contributed by atoms with Gasteiger partial charge in [0.1, 0.15) is 5.82 Å². The second-order valence-corrected chi connectivity index (χ2v) is 7.11. The van der Waals surface area contributed by atoms with Crippen LogP contribution in [0.2, 0.25) is 0 Å². The quantitative estimate of drug-likeness (QED) is 0.621. The Hall–Kier alpha value is -1.97. The van der Waals surface area contributed by atoms with Crippen LogP contribution >= 0.6 is 0 Å². The van der Waals surface area contributed by atoms with Crippen LogP contribution in [0.25, 0.3) is 0 Å². The number of carbonyl (C=O) groups excluding carboxylic acids is 2. The molecule has 1 aromatic rings. The highest BCUT2D eigenvalue weighted by Crippen LogP contribution is 2.73. The zero-order valence-electron chi connectivity index (χ0n) is 12.0. The van der Waals surface area contributed by atoms with E-state index in [1.54, 1.807) is 12.1 Å². The first kappa shape index (κ1) is 12.6. The molecule has 2 saturated carbocycles. The van der Waals surface area contributed by atoms with Crippen molar-refractivity contribution in [3.63, 3.8) is 0 Å². The molecule has 4 aliphatic rings. The van der Waals surface area contributed by atoms with E-state index in [-0.39, 0.29) is 53.3 Å². The van der Waals surface area contributed by atoms with E-state index in [1.807, 2.05) is 0 Å². The average Bonchev–Trinajstić information content (AvgIpc) is 3.12. The Balaban J connectivity index is 1.45. The molecule has 4 atom stereocenters. The molecular weight excluding hydrogens is 281 g/mol. The van der Waals surface area contributed by atoms with Gasteiger partial charge in [0.05, 0.1) is 18.4 Å². The average molecular weight is 297 g/mol. The zero-order valence-corrected chi connectivity index (χ0v) is 12.0. The molecule has 0 radical (unpaired) electrons. The van der Waals surface area contributed by atoms with Crippen LogP contribution in [-0.4, -0.2) is 16.7 Å². The van der Waals surface area contributed by atoms with Crippen molar-refractivity contribution in [2.45, 2.75) is 19.4 Å². The van der Waals surface area contributed by atoms with Crippen molar-refractivity contribution in [3.05, 3.63) is 47.8 Å². The Morgan fingerprint density at radius 1 is 1.00 bits per heavy atom. The molecule has 0 N–H and O–H groups in total. The number of benzene rings is 1. The predicted molar refractivity (Wildman–Crippen MR) is 76.7 cm³/mol. The van der Waals surface area contributed by atoms with Gasteiger partial charge in [-0.2, -0.15) is 0 Å². The molecule has 4 heteroatoms. The fraction of sp³-hybridized carbons (Fsp3) is 0.444. The summed E-state index contributed by atoms with van der Waals surface area (Å²) < 4.78 is 13.0. The second-order valence-electron chi connectivity index (χ2n) is 7.11. The fourth-order valence-electron chi connectivity index (χ4n) is 5.07. The molecule has 1 aliphatic heterocycles. The van der Waals surface area contributed by atoms with Gasteiger partial charge in [-0.1, -0.05) is 24.3 Å². The highest BCUT2D eigenvalue weighted by Gasteiger charge is 2.73. The van der Waals surface area contributed by atoms with Crippen LogP contribution in [0, 0.1) is 34.9 Å². The smallest absolute Gasteiger partial charge is 0.234 e. The summed E-state index contributed by atoms with van der Waals surface area (Å²) in [6.45, 7) is 0.261. The first-order valence-corrected chi connectivity index (χ1v) is 7.90. The molecule has 3 fully saturated rings. The van der Waals surface area contributed by atoms with Gasteiger partial charge in [-0.3, -0.25) is 14.5 Å². The van der Waals surface area contributed by atoms with Crippen molar-refractivity contribution in [2.75, 3.05) is 0 Å². The van der Waals surface area contributed by atoms with Gasteiger partial charge in [0.15, 0.2) is 0 Å². The molecule has 3 nitrogen and oxygen atoms in total. The Bertz CT molecular complexity index is 685. The lowest BCUT2D eigenvalue weighted by molar-refractivity contribution is -0.141. The van der Waals surface area contributed by atoms with E-state index in [0.717, 1.165) is 18.4 Å². The third kappa shape index (κ3) is 1.36. The summed E-state index contributed by atoms with van der Waals surface area (Å²) in [7, 11) is 0. The third-order valence-electron chi connectivity index (χ3n) is 6.20. The number of carbonyl (C=O) groups is 2. The lowest BCUT2D eigenvalue weighted by atomic mass is 9.85. The lowest BCUT2D eigenvalue weighted by Crippen LogP contribution is -2.34. The van der Waals surface area contributed by atoms with Gasteiger partial charge in [-0.25, -0.2) is 4.39 Å². The number of nitrogens with zero attached hydrogens (tertiary/aromatic N) is 1. The fourth-order valence-corrected chi connectivity index (χ4v) is 5.07. The maximum Gasteiger partial charge on any atom is 0.234 e. The molecule has 112 valence electrons. The van der Waals surface area contributed by atoms with Crippen LogP contribution < -0.4 is 0 Å². The zero-order chi connectivity index (χ0) is 15.1. The van der Waals surface area contributed by atoms with Crippen LogP contribution in [-0.2, 0) is 16.1 Å². The molecule has 1 aromatic carbocycles. The summed E-state index contributed by atoms with van der Waals surface area (Å²) in [6.07, 6.45) is 6.65. The topological polar surface area (TPSA) is 37.4 Å². The van der Waals surface area contributed by atoms with E-state index >= 15 is 0 Å². The number of amides is 2. The Kier molecular flexibility index (Phi) is 2.20. The number of likely N-dealkylation sites (tertiary alicyclic amines) is 1. The van der Waals surface area contributed by atoms with Crippen LogP contribution in [0.3, 0.4) is 0 Å². The summed E-state index contributed by atoms with van der Waals surface area (Å²) in [4.78, 5) is 26.9. The third-order valence-corrected chi connectivity index (χ3v) is 6.20. The standard InChI is InChI=1S/C18H16FNO2/c19-11-3-1-10(2-4-11)9-20-16(21)14-12-5-6-13(15(14)17(20)22)18(12)7-8-18/h1-6,12-15H,7-9H2/t12-,13+,14-,15-/m1/s1. The van der Waals surface area contributed by atoms with E-state index in [9.17, 15) is 14.0 Å². The van der Waals surface area contributed by atoms with Crippen LogP contribution in [0.5, 0.6) is 0 Å². The summed E-state index contributed by atoms with van der Waals surface area (Å²) in [6, 6.07) is 6.01. The Labute approximate surface area is 127 Å². The number of allylic oxidation sites excluding steroid dienone is 2. The maximum atomic E-state index is 13.0. The summed E-state index contributed by atoms with van der Waals surface area (Å²) in [5.74, 6) is -0.132. The number of imide groups is 1. The first-order valence-electron chi connectivity index (χ1n) is 7.90. The van der Waals surface area contributed by atoms with E-state index in [0.29, 0.717) is 0 Å². The van der Waals surface area contributed by atoms with Gasteiger partial charge in [0.25, 0.3) is 0 Å². The molecule has 1 saturated heterocycles. The summed E-state index contributed by atoms with van der Waals surface area (Å²) in [5, 5.41) is 0. The largest absolute Gasteiger partial charge is 0.278 e. The van der Waals surface area contributed by atoms with E-state index < -0.39 is 0 Å². The summed E-state index contributed by atoms with van der Waals surface area (Å²) in [5.41, 5.74) is 1.03. The molecule has 1 spiro atoms. The number of rotatable bonds is 2. The highest BCUT2D eigenvalue weighted by atomic mass is 19.1. The van der Waals surface area contributed by atoms with Gasteiger partial charge in [0, 0.05) is 0 Å². The minimum atomic E-state index is -0.308. The van der Waals surface area contributed by atoms with Gasteiger partial charge in [-0.15, -0.1) is 0 Å². The minimum absolute atomic E-state index is 0.0255. The lowest BCUT2D eigenvalue weighted by Gasteiger charge is -2.21. The maximum absolute atomic E-state index is 13.0. The van der Waals surface area contributed by atoms with Crippen LogP contribution in [0.1, 0.15) is 18.4 Å². The highest BCUT2D eigenvalue weighted by molar-refractivity contribution is 6.06. The molecule has 3 aliphatic carbocycles. The minimum Gasteiger partial charge on any atom is -0.278 e. The van der Waals surface area contributed by atoms with Crippen molar-refractivity contribution in [1.82, 2.24) is 4.90 Å². The molecule has 1 heterocycles. The van der Waals surface area contributed by atoms with Gasteiger partial charge < -0.3 is 0 Å². The summed E-state index contributed by atoms with van der Waals surface area (Å²) >= 11 is 0. The van der Waals surface area contributed by atoms with E-state index in [2.05, 4.69) is 12.2 Å². The normalized spacial score (nSPS) is 36.5. The van der Waals surface area contributed by atoms with Gasteiger partial charge >= 0.3 is 0 Å². The van der Waals surface area contributed by atoms with Crippen molar-refractivity contribution in [1.29, 1.82) is 0 Å². The van der Waals surface area contributed by atoms with Gasteiger partial charge in [-0.05, 0) is 47.8 Å². The van der Waals surface area contributed by atoms with Crippen molar-refractivity contribution < 1.29 is 14.0 Å². The first-order chi connectivity index (χ1) is 10.6.